The van der Waals surface area contributed by atoms with Gasteiger partial charge in [-0.1, -0.05) is 12.1 Å². The monoisotopic (exact) mass is 285 g/mol. The Kier molecular flexibility index (Phi) is 4.42. The summed E-state index contributed by atoms with van der Waals surface area (Å²) in [5.74, 6) is -0.140. The molecule has 5 nitrogen and oxygen atoms in total. The average Bonchev–Trinajstić information content (AvgIpc) is 2.42. The highest BCUT2D eigenvalue weighted by Crippen LogP contribution is 2.18. The lowest BCUT2D eigenvalue weighted by atomic mass is 10.2. The Morgan fingerprint density at radius 1 is 1.24 bits per heavy atom. The molecule has 0 bridgehead atoms. The van der Waals surface area contributed by atoms with Gasteiger partial charge in [-0.2, -0.15) is 0 Å². The maximum Gasteiger partial charge on any atom is 0.250 e. The third-order valence-corrected chi connectivity index (χ3v) is 3.37. The van der Waals surface area contributed by atoms with Crippen LogP contribution < -0.4 is 16.6 Å². The number of aryl methyl sites for hydroxylation is 2. The lowest BCUT2D eigenvalue weighted by Crippen LogP contribution is -2.24. The second-order valence-electron chi connectivity index (χ2n) is 5.03. The van der Waals surface area contributed by atoms with Crippen LogP contribution >= 0.6 is 0 Å². The topological polar surface area (TPSA) is 77.1 Å². The van der Waals surface area contributed by atoms with Crippen molar-refractivity contribution in [2.24, 2.45) is 0 Å². The van der Waals surface area contributed by atoms with Crippen molar-refractivity contribution in [2.75, 3.05) is 11.1 Å². The largest absolute Gasteiger partial charge is 0.399 e. The Morgan fingerprint density at radius 3 is 2.71 bits per heavy atom. The summed E-state index contributed by atoms with van der Waals surface area (Å²) in [4.78, 5) is 23.7. The summed E-state index contributed by atoms with van der Waals surface area (Å²) < 4.78 is 1.59. The van der Waals surface area contributed by atoms with Crippen molar-refractivity contribution in [3.63, 3.8) is 0 Å². The summed E-state index contributed by atoms with van der Waals surface area (Å²) in [5, 5.41) is 2.83. The molecule has 0 aliphatic rings. The van der Waals surface area contributed by atoms with Gasteiger partial charge < -0.3 is 15.6 Å². The summed E-state index contributed by atoms with van der Waals surface area (Å²) in [7, 11) is 0. The predicted molar refractivity (Wildman–Crippen MR) is 84.3 cm³/mol. The quantitative estimate of drug-likeness (QED) is 0.844. The van der Waals surface area contributed by atoms with Crippen LogP contribution in [0.2, 0.25) is 0 Å². The van der Waals surface area contributed by atoms with Gasteiger partial charge in [0.1, 0.15) is 0 Å². The number of nitrogen functional groups attached to an aromatic ring is 1. The highest BCUT2D eigenvalue weighted by atomic mass is 16.1. The van der Waals surface area contributed by atoms with Crippen LogP contribution in [-0.2, 0) is 11.3 Å². The van der Waals surface area contributed by atoms with E-state index in [-0.39, 0.29) is 17.9 Å². The Hall–Kier alpha value is -2.56. The Balaban J connectivity index is 2.03. The third-order valence-electron chi connectivity index (χ3n) is 3.37. The van der Waals surface area contributed by atoms with E-state index in [1.807, 2.05) is 26.0 Å². The Bertz CT molecular complexity index is 720. The second-order valence-corrected chi connectivity index (χ2v) is 5.03. The minimum Gasteiger partial charge on any atom is -0.399 e. The maximum absolute atomic E-state index is 12.0. The predicted octanol–water partition coefficient (Wildman–Crippen LogP) is 2.08. The minimum absolute atomic E-state index is 0.0945. The number of carbonyl (C=O) groups excluding carboxylic acids is 1. The van der Waals surface area contributed by atoms with Gasteiger partial charge in [0.2, 0.25) is 5.91 Å². The molecule has 3 N–H and O–H groups in total. The SMILES string of the molecule is Cc1ccc(N)cc1NC(=O)CCn1c(C)cccc1=O. The van der Waals surface area contributed by atoms with E-state index >= 15 is 0 Å². The molecule has 0 unspecified atom stereocenters. The third kappa shape index (κ3) is 3.72. The Morgan fingerprint density at radius 2 is 2.00 bits per heavy atom. The Labute approximate surface area is 123 Å². The normalized spacial score (nSPS) is 10.4. The molecule has 0 atom stereocenters. The molecular weight excluding hydrogens is 266 g/mol. The number of rotatable bonds is 4. The molecule has 2 aromatic rings. The van der Waals surface area contributed by atoms with Crippen LogP contribution in [0.25, 0.3) is 0 Å². The van der Waals surface area contributed by atoms with Crippen molar-refractivity contribution in [2.45, 2.75) is 26.8 Å². The number of hydrogen-bond donors (Lipinski definition) is 2. The fourth-order valence-electron chi connectivity index (χ4n) is 2.11. The molecule has 0 radical (unpaired) electrons. The van der Waals surface area contributed by atoms with Gasteiger partial charge in [-0.05, 0) is 37.6 Å². The fourth-order valence-corrected chi connectivity index (χ4v) is 2.11. The van der Waals surface area contributed by atoms with Crippen LogP contribution in [0, 0.1) is 13.8 Å². The molecule has 21 heavy (non-hydrogen) atoms. The number of nitrogens with one attached hydrogen (secondary N) is 1. The number of nitrogens with zero attached hydrogens (tertiary/aromatic N) is 1. The lowest BCUT2D eigenvalue weighted by molar-refractivity contribution is -0.116. The molecule has 0 saturated heterocycles. The smallest absolute Gasteiger partial charge is 0.250 e. The number of carbonyl (C=O) groups is 1. The van der Waals surface area contributed by atoms with Crippen molar-refractivity contribution in [3.8, 4) is 0 Å². The van der Waals surface area contributed by atoms with Crippen molar-refractivity contribution >= 4 is 17.3 Å². The van der Waals surface area contributed by atoms with E-state index in [4.69, 9.17) is 5.73 Å². The van der Waals surface area contributed by atoms with E-state index in [0.29, 0.717) is 17.9 Å². The number of aromatic nitrogens is 1. The van der Waals surface area contributed by atoms with Crippen molar-refractivity contribution in [1.29, 1.82) is 0 Å². The van der Waals surface area contributed by atoms with Gasteiger partial charge in [-0.3, -0.25) is 9.59 Å². The zero-order valence-electron chi connectivity index (χ0n) is 12.2. The first-order chi connectivity index (χ1) is 9.97. The number of hydrogen-bond acceptors (Lipinski definition) is 3. The van der Waals surface area contributed by atoms with E-state index in [1.54, 1.807) is 22.8 Å². The average molecular weight is 285 g/mol. The van der Waals surface area contributed by atoms with Crippen molar-refractivity contribution < 1.29 is 4.79 Å². The van der Waals surface area contributed by atoms with E-state index in [1.165, 1.54) is 6.07 Å². The lowest BCUT2D eigenvalue weighted by Gasteiger charge is -2.11. The molecule has 0 aliphatic heterocycles. The highest BCUT2D eigenvalue weighted by Gasteiger charge is 2.07. The minimum atomic E-state index is -0.140. The van der Waals surface area contributed by atoms with Gasteiger partial charge in [-0.15, -0.1) is 0 Å². The molecule has 0 aliphatic carbocycles. The first-order valence-corrected chi connectivity index (χ1v) is 6.80. The number of anilines is 2. The van der Waals surface area contributed by atoms with E-state index in [0.717, 1.165) is 11.3 Å². The first kappa shape index (κ1) is 14.8. The summed E-state index contributed by atoms with van der Waals surface area (Å²) in [6.07, 6.45) is 0.235. The van der Waals surface area contributed by atoms with Crippen molar-refractivity contribution in [3.05, 3.63) is 58.0 Å². The molecule has 0 spiro atoms. The summed E-state index contributed by atoms with van der Waals surface area (Å²) in [5.41, 5.74) is 8.72. The van der Waals surface area contributed by atoms with Gasteiger partial charge in [0, 0.05) is 36.1 Å². The number of nitrogens with two attached hydrogens (primary N) is 1. The van der Waals surface area contributed by atoms with Crippen molar-refractivity contribution in [1.82, 2.24) is 4.57 Å². The number of pyridine rings is 1. The number of benzene rings is 1. The second kappa shape index (κ2) is 6.26. The molecule has 1 amide bonds. The molecule has 110 valence electrons. The molecule has 5 heteroatoms. The molecule has 2 rings (SSSR count). The van der Waals surface area contributed by atoms with Gasteiger partial charge in [0.25, 0.3) is 5.56 Å². The van der Waals surface area contributed by atoms with Crippen LogP contribution in [0.3, 0.4) is 0 Å². The fraction of sp³-hybridized carbons (Fsp3) is 0.250. The van der Waals surface area contributed by atoms with E-state index < -0.39 is 0 Å². The molecular formula is C16H19N3O2. The van der Waals surface area contributed by atoms with Gasteiger partial charge in [0.15, 0.2) is 0 Å². The standard InChI is InChI=1S/C16H19N3O2/c1-11-6-7-13(17)10-14(11)18-15(20)8-9-19-12(2)4-3-5-16(19)21/h3-7,10H,8-9,17H2,1-2H3,(H,18,20). The summed E-state index contributed by atoms with van der Waals surface area (Å²) in [6, 6.07) is 10.4. The van der Waals surface area contributed by atoms with Crippen LogP contribution in [-0.4, -0.2) is 10.5 Å². The first-order valence-electron chi connectivity index (χ1n) is 6.80. The molecule has 1 heterocycles. The zero-order chi connectivity index (χ0) is 15.4. The van der Waals surface area contributed by atoms with E-state index in [9.17, 15) is 9.59 Å². The van der Waals surface area contributed by atoms with Gasteiger partial charge in [0.05, 0.1) is 0 Å². The van der Waals surface area contributed by atoms with Crippen LogP contribution in [0.1, 0.15) is 17.7 Å². The maximum atomic E-state index is 12.0. The zero-order valence-corrected chi connectivity index (χ0v) is 12.2. The molecule has 1 aromatic carbocycles. The van der Waals surface area contributed by atoms with Crippen LogP contribution in [0.5, 0.6) is 0 Å². The summed E-state index contributed by atoms with van der Waals surface area (Å²) in [6.45, 7) is 4.11. The number of amides is 1. The summed E-state index contributed by atoms with van der Waals surface area (Å²) >= 11 is 0. The molecule has 1 aromatic heterocycles. The molecule has 0 fully saturated rings. The van der Waals surface area contributed by atoms with Crippen LogP contribution in [0.4, 0.5) is 11.4 Å². The van der Waals surface area contributed by atoms with Gasteiger partial charge in [-0.25, -0.2) is 0 Å². The van der Waals surface area contributed by atoms with E-state index in [2.05, 4.69) is 5.32 Å². The highest BCUT2D eigenvalue weighted by molar-refractivity contribution is 5.91. The van der Waals surface area contributed by atoms with Crippen LogP contribution in [0.15, 0.2) is 41.2 Å². The van der Waals surface area contributed by atoms with Gasteiger partial charge >= 0.3 is 0 Å². The molecule has 0 saturated carbocycles.